The van der Waals surface area contributed by atoms with Gasteiger partial charge in [0.15, 0.2) is 0 Å². The van der Waals surface area contributed by atoms with Crippen LogP contribution in [-0.4, -0.2) is 12.5 Å². The average Bonchev–Trinajstić information content (AvgIpc) is 2.75. The minimum absolute atomic E-state index is 0.0748. The van der Waals surface area contributed by atoms with Crippen LogP contribution < -0.4 is 11.1 Å². The molecular weight excluding hydrogens is 244 g/mol. The number of anilines is 1. The predicted molar refractivity (Wildman–Crippen MR) is 75.8 cm³/mol. The molecule has 0 saturated heterocycles. The molecule has 94 valence electrons. The van der Waals surface area contributed by atoms with Crippen LogP contribution in [0, 0.1) is 5.41 Å². The normalized spacial score (nSPS) is 17.4. The second-order valence-electron chi connectivity index (χ2n) is 4.97. The van der Waals surface area contributed by atoms with Gasteiger partial charge in [-0.1, -0.05) is 6.42 Å². The van der Waals surface area contributed by atoms with Crippen LogP contribution in [0.5, 0.6) is 0 Å². The SMILES string of the molecule is NCC1(C(=O)Nc2ccc3sccc3c2)CCC1. The summed E-state index contributed by atoms with van der Waals surface area (Å²) in [6.07, 6.45) is 2.93. The van der Waals surface area contributed by atoms with Crippen LogP contribution in [0.3, 0.4) is 0 Å². The molecule has 1 saturated carbocycles. The first-order valence-electron chi connectivity index (χ1n) is 6.22. The first-order chi connectivity index (χ1) is 8.73. The Morgan fingerprint density at radius 3 is 2.89 bits per heavy atom. The third kappa shape index (κ3) is 1.82. The molecule has 1 aliphatic rings. The Morgan fingerprint density at radius 2 is 2.22 bits per heavy atom. The van der Waals surface area contributed by atoms with Crippen molar-refractivity contribution in [3.05, 3.63) is 29.6 Å². The molecule has 3 N–H and O–H groups in total. The lowest BCUT2D eigenvalue weighted by atomic mass is 9.68. The Labute approximate surface area is 110 Å². The molecule has 0 radical (unpaired) electrons. The van der Waals surface area contributed by atoms with Crippen LogP contribution in [0.2, 0.25) is 0 Å². The Kier molecular flexibility index (Phi) is 2.84. The smallest absolute Gasteiger partial charge is 0.231 e. The standard InChI is InChI=1S/C14H16N2OS/c15-9-14(5-1-6-14)13(17)16-11-2-3-12-10(8-11)4-7-18-12/h2-4,7-8H,1,5-6,9,15H2,(H,16,17). The van der Waals surface area contributed by atoms with Crippen molar-refractivity contribution < 1.29 is 4.79 Å². The Balaban J connectivity index is 1.81. The molecule has 1 heterocycles. The maximum atomic E-state index is 12.2. The van der Waals surface area contributed by atoms with E-state index in [2.05, 4.69) is 16.8 Å². The van der Waals surface area contributed by atoms with E-state index in [4.69, 9.17) is 5.73 Å². The number of nitrogens with one attached hydrogen (secondary N) is 1. The van der Waals surface area contributed by atoms with Gasteiger partial charge < -0.3 is 11.1 Å². The number of hydrogen-bond donors (Lipinski definition) is 2. The van der Waals surface area contributed by atoms with Crippen molar-refractivity contribution in [1.82, 2.24) is 0 Å². The number of carbonyl (C=O) groups excluding carboxylic acids is 1. The van der Waals surface area contributed by atoms with Crippen LogP contribution in [-0.2, 0) is 4.79 Å². The zero-order valence-electron chi connectivity index (χ0n) is 10.1. The van der Waals surface area contributed by atoms with Crippen LogP contribution in [0.4, 0.5) is 5.69 Å². The molecule has 0 aliphatic heterocycles. The van der Waals surface area contributed by atoms with E-state index < -0.39 is 0 Å². The molecule has 1 amide bonds. The molecule has 0 bridgehead atoms. The summed E-state index contributed by atoms with van der Waals surface area (Å²) in [7, 11) is 0. The summed E-state index contributed by atoms with van der Waals surface area (Å²) >= 11 is 1.71. The third-order valence-electron chi connectivity index (χ3n) is 3.89. The number of amides is 1. The van der Waals surface area contributed by atoms with Crippen molar-refractivity contribution in [2.75, 3.05) is 11.9 Å². The number of nitrogens with two attached hydrogens (primary N) is 1. The highest BCUT2D eigenvalue weighted by molar-refractivity contribution is 7.17. The van der Waals surface area contributed by atoms with E-state index >= 15 is 0 Å². The van der Waals surface area contributed by atoms with Crippen molar-refractivity contribution in [2.45, 2.75) is 19.3 Å². The minimum atomic E-state index is -0.316. The van der Waals surface area contributed by atoms with E-state index in [0.717, 1.165) is 24.9 Å². The van der Waals surface area contributed by atoms with Crippen LogP contribution in [0.1, 0.15) is 19.3 Å². The molecule has 1 aliphatic carbocycles. The molecule has 3 rings (SSSR count). The molecule has 0 unspecified atom stereocenters. The number of hydrogen-bond acceptors (Lipinski definition) is 3. The Morgan fingerprint density at radius 1 is 1.39 bits per heavy atom. The highest BCUT2D eigenvalue weighted by atomic mass is 32.1. The quantitative estimate of drug-likeness (QED) is 0.891. The van der Waals surface area contributed by atoms with Crippen LogP contribution >= 0.6 is 11.3 Å². The fourth-order valence-corrected chi connectivity index (χ4v) is 3.21. The van der Waals surface area contributed by atoms with Crippen molar-refractivity contribution >= 4 is 33.0 Å². The van der Waals surface area contributed by atoms with Gasteiger partial charge in [-0.25, -0.2) is 0 Å². The second-order valence-corrected chi connectivity index (χ2v) is 5.91. The van der Waals surface area contributed by atoms with E-state index in [1.165, 1.54) is 10.1 Å². The van der Waals surface area contributed by atoms with E-state index in [0.29, 0.717) is 6.54 Å². The first-order valence-corrected chi connectivity index (χ1v) is 7.10. The van der Waals surface area contributed by atoms with Gasteiger partial charge in [-0.15, -0.1) is 11.3 Å². The first kappa shape index (κ1) is 11.7. The molecule has 1 aromatic heterocycles. The van der Waals surface area contributed by atoms with Crippen molar-refractivity contribution in [1.29, 1.82) is 0 Å². The molecule has 1 aromatic carbocycles. The fraction of sp³-hybridized carbons (Fsp3) is 0.357. The van der Waals surface area contributed by atoms with Gasteiger partial charge in [-0.3, -0.25) is 4.79 Å². The summed E-state index contributed by atoms with van der Waals surface area (Å²) in [6, 6.07) is 8.09. The topological polar surface area (TPSA) is 55.1 Å². The summed E-state index contributed by atoms with van der Waals surface area (Å²) in [5.41, 5.74) is 6.29. The Bertz CT molecular complexity index is 581. The van der Waals surface area contributed by atoms with Gasteiger partial charge in [-0.2, -0.15) is 0 Å². The lowest BCUT2D eigenvalue weighted by molar-refractivity contribution is -0.129. The lowest BCUT2D eigenvalue weighted by Gasteiger charge is -2.39. The molecule has 0 spiro atoms. The summed E-state index contributed by atoms with van der Waals surface area (Å²) in [6.45, 7) is 0.444. The maximum absolute atomic E-state index is 12.2. The van der Waals surface area contributed by atoms with Crippen LogP contribution in [0.15, 0.2) is 29.6 Å². The highest BCUT2D eigenvalue weighted by Gasteiger charge is 2.42. The molecular formula is C14H16N2OS. The highest BCUT2D eigenvalue weighted by Crippen LogP contribution is 2.41. The van der Waals surface area contributed by atoms with Crippen LogP contribution in [0.25, 0.3) is 10.1 Å². The van der Waals surface area contributed by atoms with Gasteiger partial charge in [-0.05, 0) is 47.9 Å². The van der Waals surface area contributed by atoms with E-state index in [-0.39, 0.29) is 11.3 Å². The van der Waals surface area contributed by atoms with Gasteiger partial charge >= 0.3 is 0 Å². The van der Waals surface area contributed by atoms with E-state index in [9.17, 15) is 4.79 Å². The number of fused-ring (bicyclic) bond motifs is 1. The molecule has 0 atom stereocenters. The number of rotatable bonds is 3. The average molecular weight is 260 g/mol. The van der Waals surface area contributed by atoms with Crippen molar-refractivity contribution in [2.24, 2.45) is 11.1 Å². The molecule has 4 heteroatoms. The van der Waals surface area contributed by atoms with Crippen molar-refractivity contribution in [3.8, 4) is 0 Å². The van der Waals surface area contributed by atoms with Gasteiger partial charge in [0.2, 0.25) is 5.91 Å². The predicted octanol–water partition coefficient (Wildman–Crippen LogP) is 2.97. The number of carbonyl (C=O) groups is 1. The van der Waals surface area contributed by atoms with Crippen molar-refractivity contribution in [3.63, 3.8) is 0 Å². The molecule has 2 aromatic rings. The zero-order valence-corrected chi connectivity index (χ0v) is 10.9. The fourth-order valence-electron chi connectivity index (χ4n) is 2.44. The van der Waals surface area contributed by atoms with E-state index in [1.807, 2.05) is 18.2 Å². The molecule has 3 nitrogen and oxygen atoms in total. The summed E-state index contributed by atoms with van der Waals surface area (Å²) in [5.74, 6) is 0.0748. The third-order valence-corrected chi connectivity index (χ3v) is 4.79. The number of thiophene rings is 1. The van der Waals surface area contributed by atoms with Gasteiger partial charge in [0.1, 0.15) is 0 Å². The second kappa shape index (κ2) is 4.37. The van der Waals surface area contributed by atoms with Gasteiger partial charge in [0.05, 0.1) is 5.41 Å². The number of benzene rings is 1. The summed E-state index contributed by atoms with van der Waals surface area (Å²) < 4.78 is 1.24. The van der Waals surface area contributed by atoms with E-state index in [1.54, 1.807) is 11.3 Å². The molecule has 18 heavy (non-hydrogen) atoms. The summed E-state index contributed by atoms with van der Waals surface area (Å²) in [4.78, 5) is 12.2. The largest absolute Gasteiger partial charge is 0.329 e. The lowest BCUT2D eigenvalue weighted by Crippen LogP contribution is -2.47. The minimum Gasteiger partial charge on any atom is -0.329 e. The summed E-state index contributed by atoms with van der Waals surface area (Å²) in [5, 5.41) is 6.24. The van der Waals surface area contributed by atoms with Gasteiger partial charge in [0, 0.05) is 16.9 Å². The Hall–Kier alpha value is -1.39. The zero-order chi connectivity index (χ0) is 12.6. The molecule has 1 fully saturated rings. The maximum Gasteiger partial charge on any atom is 0.231 e. The monoisotopic (exact) mass is 260 g/mol. The van der Waals surface area contributed by atoms with Gasteiger partial charge in [0.25, 0.3) is 0 Å².